The summed E-state index contributed by atoms with van der Waals surface area (Å²) in [5.41, 5.74) is 2.76. The Morgan fingerprint density at radius 1 is 1.42 bits per heavy atom. The van der Waals surface area contributed by atoms with Crippen LogP contribution in [-0.4, -0.2) is 42.3 Å². The number of aliphatic hydroxyl groups is 1. The number of aryl methyl sites for hydroxylation is 1. The summed E-state index contributed by atoms with van der Waals surface area (Å²) in [6.45, 7) is 8.26. The van der Waals surface area contributed by atoms with Gasteiger partial charge in [0, 0.05) is 25.7 Å². The van der Waals surface area contributed by atoms with Crippen molar-refractivity contribution in [1.29, 1.82) is 0 Å². The highest BCUT2D eigenvalue weighted by atomic mass is 16.3. The number of β-amino-alcohol motifs (C(OH)–C–C–N with tert-alkyl or cyclic N) is 1. The standard InChI is InChI=1S/C16H26N2O/c1-3-17-16(15-7-5-4-6-13(15)2)9-11-18-10-8-14(19)12-18/h4-7,14,16-17,19H,3,8-12H2,1-2H3. The van der Waals surface area contributed by atoms with E-state index in [4.69, 9.17) is 0 Å². The summed E-state index contributed by atoms with van der Waals surface area (Å²) in [6.07, 6.45) is 1.91. The number of hydrogen-bond donors (Lipinski definition) is 2. The Balaban J connectivity index is 1.94. The molecule has 1 aromatic carbocycles. The number of nitrogens with zero attached hydrogens (tertiary/aromatic N) is 1. The van der Waals surface area contributed by atoms with E-state index >= 15 is 0 Å². The molecule has 1 fully saturated rings. The van der Waals surface area contributed by atoms with E-state index in [-0.39, 0.29) is 6.10 Å². The minimum atomic E-state index is -0.115. The highest BCUT2D eigenvalue weighted by Crippen LogP contribution is 2.21. The second-order valence-electron chi connectivity index (χ2n) is 5.50. The Kier molecular flexibility index (Phi) is 5.37. The molecule has 1 saturated heterocycles. The zero-order valence-corrected chi connectivity index (χ0v) is 12.1. The molecule has 0 bridgehead atoms. The second-order valence-corrected chi connectivity index (χ2v) is 5.50. The molecule has 2 atom stereocenters. The largest absolute Gasteiger partial charge is 0.392 e. The maximum atomic E-state index is 9.57. The van der Waals surface area contributed by atoms with Gasteiger partial charge < -0.3 is 15.3 Å². The highest BCUT2D eigenvalue weighted by Gasteiger charge is 2.21. The number of nitrogens with one attached hydrogen (secondary N) is 1. The van der Waals surface area contributed by atoms with Gasteiger partial charge in [0.1, 0.15) is 0 Å². The summed E-state index contributed by atoms with van der Waals surface area (Å²) in [7, 11) is 0. The quantitative estimate of drug-likeness (QED) is 0.824. The average Bonchev–Trinajstić information content (AvgIpc) is 2.81. The van der Waals surface area contributed by atoms with Crippen molar-refractivity contribution in [2.45, 2.75) is 38.8 Å². The molecule has 0 aromatic heterocycles. The lowest BCUT2D eigenvalue weighted by Gasteiger charge is -2.23. The summed E-state index contributed by atoms with van der Waals surface area (Å²) in [5, 5.41) is 13.2. The molecule has 3 nitrogen and oxygen atoms in total. The summed E-state index contributed by atoms with van der Waals surface area (Å²) in [4.78, 5) is 2.37. The molecular weight excluding hydrogens is 236 g/mol. The Morgan fingerprint density at radius 2 is 2.21 bits per heavy atom. The Hall–Kier alpha value is -0.900. The predicted octanol–water partition coefficient (Wildman–Crippen LogP) is 2.10. The van der Waals surface area contributed by atoms with Crippen molar-refractivity contribution in [2.75, 3.05) is 26.2 Å². The SMILES string of the molecule is CCNC(CCN1CCC(O)C1)c1ccccc1C. The zero-order chi connectivity index (χ0) is 13.7. The smallest absolute Gasteiger partial charge is 0.0679 e. The van der Waals surface area contributed by atoms with Gasteiger partial charge in [-0.05, 0) is 37.4 Å². The fraction of sp³-hybridized carbons (Fsp3) is 0.625. The van der Waals surface area contributed by atoms with Crippen LogP contribution in [0.15, 0.2) is 24.3 Å². The summed E-state index contributed by atoms with van der Waals surface area (Å²) in [6, 6.07) is 9.04. The van der Waals surface area contributed by atoms with Gasteiger partial charge in [-0.15, -0.1) is 0 Å². The van der Waals surface area contributed by atoms with Gasteiger partial charge in [0.15, 0.2) is 0 Å². The first kappa shape index (κ1) is 14.5. The predicted molar refractivity (Wildman–Crippen MR) is 79.3 cm³/mol. The van der Waals surface area contributed by atoms with Gasteiger partial charge in [0.05, 0.1) is 6.10 Å². The maximum Gasteiger partial charge on any atom is 0.0679 e. The molecule has 2 unspecified atom stereocenters. The molecule has 19 heavy (non-hydrogen) atoms. The Bertz CT molecular complexity index is 394. The van der Waals surface area contributed by atoms with E-state index in [0.29, 0.717) is 6.04 Å². The first-order valence-electron chi connectivity index (χ1n) is 7.40. The zero-order valence-electron chi connectivity index (χ0n) is 12.1. The summed E-state index contributed by atoms with van der Waals surface area (Å²) < 4.78 is 0. The third-order valence-electron chi connectivity index (χ3n) is 4.00. The molecule has 0 amide bonds. The van der Waals surface area contributed by atoms with Crippen LogP contribution in [-0.2, 0) is 0 Å². The Labute approximate surface area is 116 Å². The van der Waals surface area contributed by atoms with Crippen molar-refractivity contribution in [3.05, 3.63) is 35.4 Å². The number of hydrogen-bond acceptors (Lipinski definition) is 3. The van der Waals surface area contributed by atoms with Crippen LogP contribution >= 0.6 is 0 Å². The molecule has 0 radical (unpaired) electrons. The van der Waals surface area contributed by atoms with E-state index in [1.807, 2.05) is 0 Å². The summed E-state index contributed by atoms with van der Waals surface area (Å²) >= 11 is 0. The van der Waals surface area contributed by atoms with E-state index in [2.05, 4.69) is 48.3 Å². The molecule has 1 heterocycles. The van der Waals surface area contributed by atoms with Gasteiger partial charge in [-0.25, -0.2) is 0 Å². The maximum absolute atomic E-state index is 9.57. The van der Waals surface area contributed by atoms with Crippen molar-refractivity contribution in [3.63, 3.8) is 0 Å². The molecule has 0 spiro atoms. The van der Waals surface area contributed by atoms with Crippen LogP contribution in [0.4, 0.5) is 0 Å². The first-order valence-corrected chi connectivity index (χ1v) is 7.40. The van der Waals surface area contributed by atoms with Crippen molar-refractivity contribution in [3.8, 4) is 0 Å². The average molecular weight is 262 g/mol. The Morgan fingerprint density at radius 3 is 2.84 bits per heavy atom. The molecule has 2 rings (SSSR count). The van der Waals surface area contributed by atoms with Crippen molar-refractivity contribution >= 4 is 0 Å². The number of likely N-dealkylation sites (tertiary alicyclic amines) is 1. The van der Waals surface area contributed by atoms with Gasteiger partial charge in [0.25, 0.3) is 0 Å². The van der Waals surface area contributed by atoms with E-state index in [1.165, 1.54) is 11.1 Å². The van der Waals surface area contributed by atoms with Gasteiger partial charge in [-0.1, -0.05) is 31.2 Å². The highest BCUT2D eigenvalue weighted by molar-refractivity contribution is 5.28. The van der Waals surface area contributed by atoms with Crippen LogP contribution in [0.3, 0.4) is 0 Å². The molecule has 106 valence electrons. The minimum Gasteiger partial charge on any atom is -0.392 e. The van der Waals surface area contributed by atoms with Crippen molar-refractivity contribution < 1.29 is 5.11 Å². The lowest BCUT2D eigenvalue weighted by molar-refractivity contribution is 0.174. The van der Waals surface area contributed by atoms with Crippen LogP contribution in [0.1, 0.15) is 36.9 Å². The topological polar surface area (TPSA) is 35.5 Å². The minimum absolute atomic E-state index is 0.115. The van der Waals surface area contributed by atoms with Gasteiger partial charge in [0.2, 0.25) is 0 Å². The van der Waals surface area contributed by atoms with Gasteiger partial charge in [-0.2, -0.15) is 0 Å². The van der Waals surface area contributed by atoms with E-state index < -0.39 is 0 Å². The fourth-order valence-corrected chi connectivity index (χ4v) is 2.92. The van der Waals surface area contributed by atoms with E-state index in [0.717, 1.165) is 39.0 Å². The normalized spacial score (nSPS) is 21.7. The third-order valence-corrected chi connectivity index (χ3v) is 4.00. The van der Waals surface area contributed by atoms with Crippen molar-refractivity contribution in [1.82, 2.24) is 10.2 Å². The van der Waals surface area contributed by atoms with E-state index in [9.17, 15) is 5.11 Å². The monoisotopic (exact) mass is 262 g/mol. The number of benzene rings is 1. The van der Waals surface area contributed by atoms with E-state index in [1.54, 1.807) is 0 Å². The molecule has 2 N–H and O–H groups in total. The van der Waals surface area contributed by atoms with Gasteiger partial charge in [-0.3, -0.25) is 0 Å². The van der Waals surface area contributed by atoms with Crippen LogP contribution in [0.2, 0.25) is 0 Å². The first-order chi connectivity index (χ1) is 9.20. The number of aliphatic hydroxyl groups excluding tert-OH is 1. The third kappa shape index (κ3) is 4.03. The van der Waals surface area contributed by atoms with Crippen LogP contribution < -0.4 is 5.32 Å². The fourth-order valence-electron chi connectivity index (χ4n) is 2.92. The summed E-state index contributed by atoms with van der Waals surface area (Å²) in [5.74, 6) is 0. The van der Waals surface area contributed by atoms with Crippen LogP contribution in [0, 0.1) is 6.92 Å². The molecule has 1 aromatic rings. The number of rotatable bonds is 6. The lowest BCUT2D eigenvalue weighted by Crippen LogP contribution is -2.29. The molecule has 3 heteroatoms. The second kappa shape index (κ2) is 7.04. The van der Waals surface area contributed by atoms with Crippen molar-refractivity contribution in [2.24, 2.45) is 0 Å². The van der Waals surface area contributed by atoms with Crippen LogP contribution in [0.25, 0.3) is 0 Å². The molecule has 1 aliphatic heterocycles. The van der Waals surface area contributed by atoms with Crippen LogP contribution in [0.5, 0.6) is 0 Å². The molecule has 1 aliphatic rings. The molecule has 0 aliphatic carbocycles. The molecular formula is C16H26N2O. The molecule has 0 saturated carbocycles. The lowest BCUT2D eigenvalue weighted by atomic mass is 9.98. The van der Waals surface area contributed by atoms with Gasteiger partial charge >= 0.3 is 0 Å².